The van der Waals surface area contributed by atoms with E-state index in [1.807, 2.05) is 54.6 Å². The lowest BCUT2D eigenvalue weighted by Gasteiger charge is -2.16. The molecule has 0 aliphatic heterocycles. The molecular weight excluding hydrogens is 326 g/mol. The number of pyridine rings is 1. The van der Waals surface area contributed by atoms with Crippen LogP contribution in [-0.4, -0.2) is 4.98 Å². The molecule has 1 heterocycles. The first-order valence-corrected chi connectivity index (χ1v) is 7.33. The molecule has 0 saturated carbocycles. The fraction of sp³-hybridized carbons (Fsp3) is 0.0588. The topological polar surface area (TPSA) is 48.7 Å². The van der Waals surface area contributed by atoms with Crippen molar-refractivity contribution in [1.29, 1.82) is 5.26 Å². The molecule has 0 aliphatic carbocycles. The highest BCUT2D eigenvalue weighted by Gasteiger charge is 2.15. The third-order valence-electron chi connectivity index (χ3n) is 3.28. The van der Waals surface area contributed by atoms with E-state index in [9.17, 15) is 5.26 Å². The van der Waals surface area contributed by atoms with E-state index in [0.29, 0.717) is 0 Å². The van der Waals surface area contributed by atoms with Crippen LogP contribution in [0.15, 0.2) is 65.3 Å². The summed E-state index contributed by atoms with van der Waals surface area (Å²) in [6, 6.07) is 19.4. The number of nitrogens with one attached hydrogen (secondary N) is 1. The van der Waals surface area contributed by atoms with Gasteiger partial charge in [-0.2, -0.15) is 5.26 Å². The van der Waals surface area contributed by atoms with Crippen molar-refractivity contribution in [2.24, 2.45) is 0 Å². The number of hydrogen-bond donors (Lipinski definition) is 1. The van der Waals surface area contributed by atoms with Gasteiger partial charge in [-0.1, -0.05) is 36.4 Å². The highest BCUT2D eigenvalue weighted by Crippen LogP contribution is 2.28. The van der Waals surface area contributed by atoms with E-state index in [0.717, 1.165) is 26.6 Å². The van der Waals surface area contributed by atoms with Gasteiger partial charge in [-0.05, 0) is 34.1 Å². The molecule has 0 amide bonds. The van der Waals surface area contributed by atoms with E-state index in [4.69, 9.17) is 0 Å². The Labute approximate surface area is 131 Å². The fourth-order valence-electron chi connectivity index (χ4n) is 2.27. The maximum absolute atomic E-state index is 9.54. The summed E-state index contributed by atoms with van der Waals surface area (Å²) in [7, 11) is 0. The summed E-state index contributed by atoms with van der Waals surface area (Å²) in [5, 5.41) is 13.8. The van der Waals surface area contributed by atoms with Gasteiger partial charge < -0.3 is 5.32 Å². The molecule has 4 heteroatoms. The monoisotopic (exact) mass is 337 g/mol. The van der Waals surface area contributed by atoms with Crippen LogP contribution in [0.1, 0.15) is 11.6 Å². The number of nitrogens with zero attached hydrogens (tertiary/aromatic N) is 2. The number of anilines is 1. The van der Waals surface area contributed by atoms with Crippen molar-refractivity contribution in [2.45, 2.75) is 6.04 Å². The lowest BCUT2D eigenvalue weighted by Crippen LogP contribution is -2.09. The lowest BCUT2D eigenvalue weighted by atomic mass is 10.0. The third-order valence-corrected chi connectivity index (χ3v) is 3.97. The van der Waals surface area contributed by atoms with Crippen LogP contribution in [0.4, 0.5) is 5.69 Å². The van der Waals surface area contributed by atoms with Gasteiger partial charge in [0.25, 0.3) is 0 Å². The van der Waals surface area contributed by atoms with Crippen molar-refractivity contribution in [2.75, 3.05) is 5.32 Å². The number of benzene rings is 2. The van der Waals surface area contributed by atoms with E-state index in [1.54, 1.807) is 6.20 Å². The van der Waals surface area contributed by atoms with E-state index < -0.39 is 6.04 Å². The van der Waals surface area contributed by atoms with Crippen LogP contribution in [0.3, 0.4) is 0 Å². The molecule has 102 valence electrons. The van der Waals surface area contributed by atoms with Crippen LogP contribution in [0.2, 0.25) is 0 Å². The Morgan fingerprint density at radius 3 is 2.67 bits per heavy atom. The van der Waals surface area contributed by atoms with Crippen LogP contribution in [0, 0.1) is 11.3 Å². The number of halogens is 1. The molecule has 2 aromatic carbocycles. The van der Waals surface area contributed by atoms with Crippen molar-refractivity contribution in [3.63, 3.8) is 0 Å². The summed E-state index contributed by atoms with van der Waals surface area (Å²) >= 11 is 3.49. The van der Waals surface area contributed by atoms with E-state index in [1.165, 1.54) is 0 Å². The second-order valence-corrected chi connectivity index (χ2v) is 5.46. The normalized spacial score (nSPS) is 11.8. The summed E-state index contributed by atoms with van der Waals surface area (Å²) in [5.74, 6) is 0. The molecule has 0 aliphatic rings. The molecule has 1 aromatic heterocycles. The number of nitriles is 1. The highest BCUT2D eigenvalue weighted by molar-refractivity contribution is 9.10. The lowest BCUT2D eigenvalue weighted by molar-refractivity contribution is 1.00. The van der Waals surface area contributed by atoms with Gasteiger partial charge >= 0.3 is 0 Å². The SMILES string of the molecule is N#CC(Nc1ccccc1Br)c1cccc2cccnc12. The number of hydrogen-bond acceptors (Lipinski definition) is 3. The molecular formula is C17H12BrN3. The average Bonchev–Trinajstić information content (AvgIpc) is 2.54. The van der Waals surface area contributed by atoms with Gasteiger partial charge in [-0.25, -0.2) is 0 Å². The molecule has 1 unspecified atom stereocenters. The quantitative estimate of drug-likeness (QED) is 0.755. The summed E-state index contributed by atoms with van der Waals surface area (Å²) in [6.07, 6.45) is 1.75. The average molecular weight is 338 g/mol. The van der Waals surface area contributed by atoms with E-state index in [-0.39, 0.29) is 0 Å². The summed E-state index contributed by atoms with van der Waals surface area (Å²) < 4.78 is 0.929. The molecule has 0 radical (unpaired) electrons. The predicted octanol–water partition coefficient (Wildman–Crippen LogP) is 4.67. The van der Waals surface area contributed by atoms with Crippen molar-refractivity contribution in [3.8, 4) is 6.07 Å². The molecule has 21 heavy (non-hydrogen) atoms. The Bertz CT molecular complexity index is 818. The van der Waals surface area contributed by atoms with Crippen LogP contribution in [0.5, 0.6) is 0 Å². The van der Waals surface area contributed by atoms with Crippen molar-refractivity contribution >= 4 is 32.5 Å². The van der Waals surface area contributed by atoms with Gasteiger partial charge in [0, 0.05) is 27.3 Å². The van der Waals surface area contributed by atoms with E-state index in [2.05, 4.69) is 32.3 Å². The minimum Gasteiger partial charge on any atom is -0.365 e. The molecule has 0 saturated heterocycles. The van der Waals surface area contributed by atoms with Crippen molar-refractivity contribution in [1.82, 2.24) is 4.98 Å². The van der Waals surface area contributed by atoms with Crippen molar-refractivity contribution in [3.05, 3.63) is 70.8 Å². The minimum absolute atomic E-state index is 0.456. The third kappa shape index (κ3) is 2.74. The number of fused-ring (bicyclic) bond motifs is 1. The first-order chi connectivity index (χ1) is 10.3. The maximum Gasteiger partial charge on any atom is 0.142 e. The Balaban J connectivity index is 2.04. The fourth-order valence-corrected chi connectivity index (χ4v) is 2.67. The zero-order valence-electron chi connectivity index (χ0n) is 11.1. The second-order valence-electron chi connectivity index (χ2n) is 4.61. The standard InChI is InChI=1S/C17H12BrN3/c18-14-8-1-2-9-15(14)21-16(11-19)13-7-3-5-12-6-4-10-20-17(12)13/h1-10,16,21H. The Kier molecular flexibility index (Phi) is 3.85. The summed E-state index contributed by atoms with van der Waals surface area (Å²) in [6.45, 7) is 0. The number of rotatable bonds is 3. The van der Waals surface area contributed by atoms with E-state index >= 15 is 0 Å². The number of aromatic nitrogens is 1. The van der Waals surface area contributed by atoms with Crippen LogP contribution in [-0.2, 0) is 0 Å². The first kappa shape index (κ1) is 13.6. The first-order valence-electron chi connectivity index (χ1n) is 6.54. The zero-order valence-corrected chi connectivity index (χ0v) is 12.7. The summed E-state index contributed by atoms with van der Waals surface area (Å²) in [4.78, 5) is 4.41. The summed E-state index contributed by atoms with van der Waals surface area (Å²) in [5.41, 5.74) is 2.62. The number of para-hydroxylation sites is 2. The minimum atomic E-state index is -0.456. The van der Waals surface area contributed by atoms with Gasteiger partial charge in [0.1, 0.15) is 6.04 Å². The van der Waals surface area contributed by atoms with Crippen LogP contribution >= 0.6 is 15.9 Å². The smallest absolute Gasteiger partial charge is 0.142 e. The Hall–Kier alpha value is -2.38. The predicted molar refractivity (Wildman–Crippen MR) is 87.9 cm³/mol. The van der Waals surface area contributed by atoms with Crippen molar-refractivity contribution < 1.29 is 0 Å². The Morgan fingerprint density at radius 1 is 1.05 bits per heavy atom. The largest absolute Gasteiger partial charge is 0.365 e. The van der Waals surface area contributed by atoms with Crippen LogP contribution in [0.25, 0.3) is 10.9 Å². The molecule has 3 nitrogen and oxygen atoms in total. The molecule has 3 aromatic rings. The zero-order chi connectivity index (χ0) is 14.7. The molecule has 0 bridgehead atoms. The van der Waals surface area contributed by atoms with Gasteiger partial charge in [-0.3, -0.25) is 4.98 Å². The molecule has 0 spiro atoms. The molecule has 3 rings (SSSR count). The van der Waals surface area contributed by atoms with Gasteiger partial charge in [0.05, 0.1) is 11.6 Å². The molecule has 0 fully saturated rings. The maximum atomic E-state index is 9.54. The second kappa shape index (κ2) is 5.94. The Morgan fingerprint density at radius 2 is 1.86 bits per heavy atom. The molecule has 1 atom stereocenters. The van der Waals surface area contributed by atoms with Gasteiger partial charge in [0.15, 0.2) is 0 Å². The van der Waals surface area contributed by atoms with Gasteiger partial charge in [0.2, 0.25) is 0 Å². The molecule has 1 N–H and O–H groups in total. The highest BCUT2D eigenvalue weighted by atomic mass is 79.9. The van der Waals surface area contributed by atoms with Crippen LogP contribution < -0.4 is 5.32 Å². The van der Waals surface area contributed by atoms with Gasteiger partial charge in [-0.15, -0.1) is 0 Å².